The van der Waals surface area contributed by atoms with Gasteiger partial charge in [0.05, 0.1) is 6.17 Å². The number of anilines is 1. The summed E-state index contributed by atoms with van der Waals surface area (Å²) in [6, 6.07) is 20.4. The van der Waals surface area contributed by atoms with Crippen molar-refractivity contribution in [3.05, 3.63) is 89.5 Å². The van der Waals surface area contributed by atoms with Crippen molar-refractivity contribution < 1.29 is 18.3 Å². The largest absolute Gasteiger partial charge is 0.457 e. The highest BCUT2D eigenvalue weighted by Crippen LogP contribution is 2.45. The van der Waals surface area contributed by atoms with Gasteiger partial charge < -0.3 is 14.4 Å². The van der Waals surface area contributed by atoms with Crippen LogP contribution in [-0.2, 0) is 4.79 Å². The monoisotopic (exact) mass is 491 g/mol. The molecule has 1 saturated heterocycles. The van der Waals surface area contributed by atoms with Crippen LogP contribution in [0.3, 0.4) is 0 Å². The van der Waals surface area contributed by atoms with Gasteiger partial charge in [-0.15, -0.1) is 0 Å². The van der Waals surface area contributed by atoms with Gasteiger partial charge in [0.15, 0.2) is 11.6 Å². The zero-order valence-electron chi connectivity index (χ0n) is 20.4. The normalized spacial score (nSPS) is 16.8. The summed E-state index contributed by atoms with van der Waals surface area (Å²) in [5.74, 6) is 0.364. The molecule has 0 saturated carbocycles. The number of carbonyl (C=O) groups excluding carboxylic acids is 1. The Morgan fingerprint density at radius 1 is 0.944 bits per heavy atom. The zero-order valence-corrected chi connectivity index (χ0v) is 20.4. The lowest BCUT2D eigenvalue weighted by Crippen LogP contribution is -2.55. The second-order valence-corrected chi connectivity index (χ2v) is 9.50. The quantitative estimate of drug-likeness (QED) is 0.402. The second-order valence-electron chi connectivity index (χ2n) is 9.50. The van der Waals surface area contributed by atoms with Gasteiger partial charge in [-0.2, -0.15) is 0 Å². The fraction of sp³-hybridized carbons (Fsp3) is 0.345. The second kappa shape index (κ2) is 10.8. The molecule has 5 nitrogen and oxygen atoms in total. The summed E-state index contributed by atoms with van der Waals surface area (Å²) in [6.07, 6.45) is 2.29. The van der Waals surface area contributed by atoms with Crippen LogP contribution in [0, 0.1) is 11.6 Å². The number of piperazine rings is 1. The molecule has 188 valence electrons. The first-order valence-electron chi connectivity index (χ1n) is 12.5. The van der Waals surface area contributed by atoms with Gasteiger partial charge in [0.2, 0.25) is 0 Å². The van der Waals surface area contributed by atoms with Crippen LogP contribution in [-0.4, -0.2) is 62.0 Å². The van der Waals surface area contributed by atoms with Crippen molar-refractivity contribution >= 4 is 12.0 Å². The molecule has 2 aliphatic rings. The minimum Gasteiger partial charge on any atom is -0.457 e. The van der Waals surface area contributed by atoms with E-state index >= 15 is 0 Å². The topological polar surface area (TPSA) is 36.0 Å². The Kier molecular flexibility index (Phi) is 7.30. The number of fused-ring (bicyclic) bond motifs is 2. The molecule has 0 spiro atoms. The summed E-state index contributed by atoms with van der Waals surface area (Å²) < 4.78 is 33.2. The van der Waals surface area contributed by atoms with Crippen LogP contribution in [0.1, 0.15) is 29.9 Å². The Hall–Kier alpha value is -3.29. The third-order valence-electron chi connectivity index (χ3n) is 7.40. The predicted molar refractivity (Wildman–Crippen MR) is 137 cm³/mol. The van der Waals surface area contributed by atoms with E-state index in [9.17, 15) is 13.6 Å². The standard InChI is InChI=1S/C29H31F2N3O2/c1-32(14-12-22-23-6-2-4-8-27(23)36-28-9-5-3-7-24(22)28)29(13-19-35)34-17-15-33(16-18-34)21-10-11-25(30)26(31)20-21/h2-11,19-20,22,29H,12-18H2,1H3. The van der Waals surface area contributed by atoms with Crippen molar-refractivity contribution in [1.82, 2.24) is 9.80 Å². The van der Waals surface area contributed by atoms with Crippen molar-refractivity contribution in [1.29, 1.82) is 0 Å². The van der Waals surface area contributed by atoms with E-state index < -0.39 is 11.6 Å². The number of ether oxygens (including phenoxy) is 1. The molecule has 0 aromatic heterocycles. The van der Waals surface area contributed by atoms with E-state index in [4.69, 9.17) is 4.74 Å². The highest BCUT2D eigenvalue weighted by molar-refractivity contribution is 5.53. The van der Waals surface area contributed by atoms with Crippen LogP contribution in [0.15, 0.2) is 66.7 Å². The summed E-state index contributed by atoms with van der Waals surface area (Å²) in [7, 11) is 2.08. The maximum absolute atomic E-state index is 13.7. The maximum atomic E-state index is 13.7. The van der Waals surface area contributed by atoms with E-state index in [1.807, 2.05) is 24.3 Å². The predicted octanol–water partition coefficient (Wildman–Crippen LogP) is 5.26. The highest BCUT2D eigenvalue weighted by atomic mass is 19.2. The molecular weight excluding hydrogens is 460 g/mol. The molecular formula is C29H31F2N3O2. The third kappa shape index (κ3) is 4.99. The molecule has 0 N–H and O–H groups in total. The van der Waals surface area contributed by atoms with Gasteiger partial charge in [-0.25, -0.2) is 8.78 Å². The molecule has 0 amide bonds. The van der Waals surface area contributed by atoms with Crippen LogP contribution in [0.2, 0.25) is 0 Å². The molecule has 1 fully saturated rings. The molecule has 0 aliphatic carbocycles. The minimum absolute atomic E-state index is 0.0140. The number of nitrogens with zero attached hydrogens (tertiary/aromatic N) is 3. The number of para-hydroxylation sites is 2. The van der Waals surface area contributed by atoms with E-state index in [1.54, 1.807) is 6.07 Å². The van der Waals surface area contributed by atoms with Crippen LogP contribution in [0.25, 0.3) is 0 Å². The van der Waals surface area contributed by atoms with Crippen molar-refractivity contribution in [2.24, 2.45) is 0 Å². The van der Waals surface area contributed by atoms with Crippen molar-refractivity contribution in [3.8, 4) is 11.5 Å². The number of benzene rings is 3. The van der Waals surface area contributed by atoms with E-state index in [-0.39, 0.29) is 12.1 Å². The fourth-order valence-corrected chi connectivity index (χ4v) is 5.46. The van der Waals surface area contributed by atoms with Crippen LogP contribution in [0.5, 0.6) is 11.5 Å². The number of halogens is 2. The van der Waals surface area contributed by atoms with E-state index in [0.717, 1.165) is 43.8 Å². The molecule has 3 aromatic carbocycles. The lowest BCUT2D eigenvalue weighted by atomic mass is 9.85. The summed E-state index contributed by atoms with van der Waals surface area (Å²) in [4.78, 5) is 18.2. The molecule has 1 unspecified atom stereocenters. The SMILES string of the molecule is CN(CCC1c2ccccc2Oc2ccccc21)C(CC=O)N1CCN(c2ccc(F)c(F)c2)CC1. The first kappa shape index (κ1) is 24.4. The number of hydrogen-bond acceptors (Lipinski definition) is 5. The van der Waals surface area contributed by atoms with Gasteiger partial charge in [0, 0.05) is 67.9 Å². The third-order valence-corrected chi connectivity index (χ3v) is 7.40. The molecule has 2 heterocycles. The Labute approximate surface area is 210 Å². The van der Waals surface area contributed by atoms with Crippen molar-refractivity contribution in [3.63, 3.8) is 0 Å². The summed E-state index contributed by atoms with van der Waals surface area (Å²) in [5.41, 5.74) is 3.07. The maximum Gasteiger partial charge on any atom is 0.160 e. The van der Waals surface area contributed by atoms with Crippen LogP contribution >= 0.6 is 0 Å². The Balaban J connectivity index is 1.25. The fourth-order valence-electron chi connectivity index (χ4n) is 5.46. The molecule has 0 radical (unpaired) electrons. The van der Waals surface area contributed by atoms with E-state index in [1.165, 1.54) is 23.3 Å². The Bertz CT molecular complexity index is 1170. The first-order chi connectivity index (χ1) is 17.5. The average Bonchev–Trinajstić information content (AvgIpc) is 2.91. The smallest absolute Gasteiger partial charge is 0.160 e. The van der Waals surface area contributed by atoms with E-state index in [2.05, 4.69) is 46.0 Å². The number of rotatable bonds is 8. The van der Waals surface area contributed by atoms with Gasteiger partial charge >= 0.3 is 0 Å². The molecule has 0 bridgehead atoms. The number of aldehydes is 1. The van der Waals surface area contributed by atoms with Gasteiger partial charge in [0.1, 0.15) is 17.8 Å². The lowest BCUT2D eigenvalue weighted by molar-refractivity contribution is -0.110. The highest BCUT2D eigenvalue weighted by Gasteiger charge is 2.30. The van der Waals surface area contributed by atoms with Crippen LogP contribution in [0.4, 0.5) is 14.5 Å². The van der Waals surface area contributed by atoms with Crippen molar-refractivity contribution in [2.75, 3.05) is 44.7 Å². The van der Waals surface area contributed by atoms with Gasteiger partial charge in [0.25, 0.3) is 0 Å². The summed E-state index contributed by atoms with van der Waals surface area (Å²) in [6.45, 7) is 3.68. The van der Waals surface area contributed by atoms with Gasteiger partial charge in [-0.05, 0) is 37.7 Å². The zero-order chi connectivity index (χ0) is 25.1. The molecule has 36 heavy (non-hydrogen) atoms. The molecule has 5 rings (SSSR count). The molecule has 3 aromatic rings. The number of hydrogen-bond donors (Lipinski definition) is 0. The Morgan fingerprint density at radius 3 is 2.19 bits per heavy atom. The average molecular weight is 492 g/mol. The van der Waals surface area contributed by atoms with Gasteiger partial charge in [-0.3, -0.25) is 9.80 Å². The number of carbonyl (C=O) groups is 1. The van der Waals surface area contributed by atoms with Crippen LogP contribution < -0.4 is 9.64 Å². The summed E-state index contributed by atoms with van der Waals surface area (Å²) >= 11 is 0. The first-order valence-corrected chi connectivity index (χ1v) is 12.5. The molecule has 2 aliphatic heterocycles. The Morgan fingerprint density at radius 2 is 1.58 bits per heavy atom. The summed E-state index contributed by atoms with van der Waals surface area (Å²) in [5, 5.41) is 0. The van der Waals surface area contributed by atoms with Gasteiger partial charge in [-0.1, -0.05) is 36.4 Å². The van der Waals surface area contributed by atoms with Crippen molar-refractivity contribution in [2.45, 2.75) is 24.9 Å². The lowest BCUT2D eigenvalue weighted by Gasteiger charge is -2.43. The van der Waals surface area contributed by atoms with E-state index in [0.29, 0.717) is 25.2 Å². The molecule has 7 heteroatoms. The minimum atomic E-state index is -0.833. The molecule has 1 atom stereocenters.